The van der Waals surface area contributed by atoms with Crippen molar-refractivity contribution >= 4 is 23.6 Å². The summed E-state index contributed by atoms with van der Waals surface area (Å²) in [5.41, 5.74) is 1.21. The SMILES string of the molecule is COc1ccc(-n2c(Cc3ccccc3)nnc2SCCCCC(=O)N2CCN(C(=O)c3cccc(C(F)(F)F)c3)C(C)C2)cc1. The standard InChI is InChI=1S/C34H36F3N5O3S/c1-24-23-40(18-19-41(24)32(44)26-11-8-12-27(22-26)34(35,36)37)31(43)13-6-7-20-46-33-39-38-30(21-25-9-4-3-5-10-25)42(33)28-14-16-29(45-2)17-15-28/h3-5,8-12,14-17,22,24H,6-7,13,18-21,23H2,1-2H3. The van der Waals surface area contributed by atoms with Crippen LogP contribution >= 0.6 is 11.8 Å². The summed E-state index contributed by atoms with van der Waals surface area (Å²) < 4.78 is 46.8. The van der Waals surface area contributed by atoms with E-state index < -0.39 is 17.6 Å². The highest BCUT2D eigenvalue weighted by atomic mass is 32.2. The second-order valence-electron chi connectivity index (χ2n) is 11.2. The Balaban J connectivity index is 1.12. The number of benzene rings is 3. The van der Waals surface area contributed by atoms with Crippen molar-refractivity contribution in [1.29, 1.82) is 0 Å². The summed E-state index contributed by atoms with van der Waals surface area (Å²) in [5.74, 6) is 1.89. The second-order valence-corrected chi connectivity index (χ2v) is 12.2. The van der Waals surface area contributed by atoms with E-state index >= 15 is 0 Å². The number of nitrogens with zero attached hydrogens (tertiary/aromatic N) is 5. The Labute approximate surface area is 270 Å². The van der Waals surface area contributed by atoms with Gasteiger partial charge in [0.05, 0.1) is 12.7 Å². The van der Waals surface area contributed by atoms with Crippen LogP contribution in [-0.2, 0) is 17.4 Å². The Bertz CT molecular complexity index is 1630. The van der Waals surface area contributed by atoms with Gasteiger partial charge in [0.25, 0.3) is 5.91 Å². The summed E-state index contributed by atoms with van der Waals surface area (Å²) in [4.78, 5) is 29.3. The zero-order valence-electron chi connectivity index (χ0n) is 25.7. The number of amides is 2. The predicted octanol–water partition coefficient (Wildman–Crippen LogP) is 6.52. The van der Waals surface area contributed by atoms with Crippen LogP contribution in [0, 0.1) is 0 Å². The number of ether oxygens (including phenoxy) is 1. The Hall–Kier alpha value is -4.32. The van der Waals surface area contributed by atoms with E-state index in [-0.39, 0.29) is 24.1 Å². The molecule has 46 heavy (non-hydrogen) atoms. The van der Waals surface area contributed by atoms with Crippen LogP contribution in [0.1, 0.15) is 53.5 Å². The number of hydrogen-bond acceptors (Lipinski definition) is 6. The van der Waals surface area contributed by atoms with Crippen LogP contribution in [0.15, 0.2) is 84.0 Å². The van der Waals surface area contributed by atoms with Gasteiger partial charge in [0.15, 0.2) is 5.16 Å². The second kappa shape index (κ2) is 14.8. The van der Waals surface area contributed by atoms with Gasteiger partial charge in [0.2, 0.25) is 5.91 Å². The van der Waals surface area contributed by atoms with Gasteiger partial charge in [-0.05, 0) is 67.8 Å². The zero-order valence-corrected chi connectivity index (χ0v) is 26.6. The molecule has 1 aliphatic heterocycles. The Morgan fingerprint density at radius 1 is 0.957 bits per heavy atom. The first kappa shape index (κ1) is 33.1. The third kappa shape index (κ3) is 8.09. The minimum atomic E-state index is -4.52. The molecule has 8 nitrogen and oxygen atoms in total. The molecule has 5 rings (SSSR count). The zero-order chi connectivity index (χ0) is 32.7. The number of carbonyl (C=O) groups is 2. The molecule has 1 saturated heterocycles. The van der Waals surface area contributed by atoms with Crippen LogP contribution in [0.4, 0.5) is 13.2 Å². The molecule has 0 aliphatic carbocycles. The molecule has 4 aromatic rings. The lowest BCUT2D eigenvalue weighted by Crippen LogP contribution is -2.55. The fourth-order valence-corrected chi connectivity index (χ4v) is 6.43. The van der Waals surface area contributed by atoms with Gasteiger partial charge in [-0.1, -0.05) is 48.2 Å². The minimum Gasteiger partial charge on any atom is -0.497 e. The average molecular weight is 652 g/mol. The molecule has 0 spiro atoms. The number of piperazine rings is 1. The molecule has 242 valence electrons. The number of alkyl halides is 3. The summed E-state index contributed by atoms with van der Waals surface area (Å²) >= 11 is 1.59. The van der Waals surface area contributed by atoms with Crippen LogP contribution in [0.5, 0.6) is 5.75 Å². The number of halogens is 3. The van der Waals surface area contributed by atoms with Crippen LogP contribution in [0.25, 0.3) is 5.69 Å². The summed E-state index contributed by atoms with van der Waals surface area (Å²) in [6.45, 7) is 2.77. The van der Waals surface area contributed by atoms with Gasteiger partial charge in [0, 0.05) is 55.5 Å². The fourth-order valence-electron chi connectivity index (χ4n) is 5.46. The summed E-state index contributed by atoms with van der Waals surface area (Å²) in [6, 6.07) is 22.0. The number of aromatic nitrogens is 3. The summed E-state index contributed by atoms with van der Waals surface area (Å²) in [6.07, 6.45) is -2.03. The molecule has 1 unspecified atom stereocenters. The van der Waals surface area contributed by atoms with E-state index in [4.69, 9.17) is 4.74 Å². The van der Waals surface area contributed by atoms with Crippen molar-refractivity contribution in [3.8, 4) is 11.4 Å². The molecule has 1 fully saturated rings. The molecule has 1 aromatic heterocycles. The van der Waals surface area contributed by atoms with Crippen molar-refractivity contribution in [3.63, 3.8) is 0 Å². The lowest BCUT2D eigenvalue weighted by Gasteiger charge is -2.40. The van der Waals surface area contributed by atoms with Crippen molar-refractivity contribution < 1.29 is 27.5 Å². The van der Waals surface area contributed by atoms with Crippen LogP contribution in [0.2, 0.25) is 0 Å². The summed E-state index contributed by atoms with van der Waals surface area (Å²) in [5, 5.41) is 9.76. The number of rotatable bonds is 11. The molecular formula is C34H36F3N5O3S. The fraction of sp³-hybridized carbons (Fsp3) is 0.353. The number of unbranched alkanes of at least 4 members (excludes halogenated alkanes) is 1. The monoisotopic (exact) mass is 651 g/mol. The molecule has 3 aromatic carbocycles. The smallest absolute Gasteiger partial charge is 0.416 e. The van der Waals surface area contributed by atoms with Crippen LogP contribution in [0.3, 0.4) is 0 Å². The van der Waals surface area contributed by atoms with E-state index in [2.05, 4.69) is 26.9 Å². The average Bonchev–Trinajstić information content (AvgIpc) is 3.46. The molecule has 2 heterocycles. The topological polar surface area (TPSA) is 80.6 Å². The minimum absolute atomic E-state index is 0.00559. The van der Waals surface area contributed by atoms with E-state index in [1.165, 1.54) is 12.1 Å². The molecule has 1 atom stereocenters. The third-order valence-electron chi connectivity index (χ3n) is 7.93. The number of thioether (sulfide) groups is 1. The third-order valence-corrected chi connectivity index (χ3v) is 8.95. The highest BCUT2D eigenvalue weighted by molar-refractivity contribution is 7.99. The van der Waals surface area contributed by atoms with Gasteiger partial charge < -0.3 is 14.5 Å². The van der Waals surface area contributed by atoms with E-state index in [1.54, 1.807) is 28.7 Å². The Kier molecular flexibility index (Phi) is 10.7. The van der Waals surface area contributed by atoms with Gasteiger partial charge in [-0.2, -0.15) is 13.2 Å². The lowest BCUT2D eigenvalue weighted by molar-refractivity contribution is -0.137. The van der Waals surface area contributed by atoms with Gasteiger partial charge in [-0.3, -0.25) is 14.2 Å². The van der Waals surface area contributed by atoms with Gasteiger partial charge in [-0.25, -0.2) is 0 Å². The highest BCUT2D eigenvalue weighted by Gasteiger charge is 2.33. The molecule has 2 amide bonds. The van der Waals surface area contributed by atoms with E-state index in [0.717, 1.165) is 52.3 Å². The lowest BCUT2D eigenvalue weighted by atomic mass is 10.1. The van der Waals surface area contributed by atoms with Crippen molar-refractivity contribution in [2.24, 2.45) is 0 Å². The van der Waals surface area contributed by atoms with Gasteiger partial charge in [0.1, 0.15) is 11.6 Å². The maximum Gasteiger partial charge on any atom is 0.416 e. The largest absolute Gasteiger partial charge is 0.497 e. The molecule has 0 radical (unpaired) electrons. The van der Waals surface area contributed by atoms with Crippen molar-refractivity contribution in [3.05, 3.63) is 101 Å². The first-order chi connectivity index (χ1) is 22.1. The molecular weight excluding hydrogens is 615 g/mol. The van der Waals surface area contributed by atoms with Crippen molar-refractivity contribution in [2.75, 3.05) is 32.5 Å². The molecule has 0 saturated carbocycles. The van der Waals surface area contributed by atoms with E-state index in [1.807, 2.05) is 49.4 Å². The maximum absolute atomic E-state index is 13.1. The highest BCUT2D eigenvalue weighted by Crippen LogP contribution is 2.30. The van der Waals surface area contributed by atoms with Crippen molar-refractivity contribution in [2.45, 2.75) is 50.0 Å². The maximum atomic E-state index is 13.1. The molecule has 1 aliphatic rings. The summed E-state index contributed by atoms with van der Waals surface area (Å²) in [7, 11) is 1.63. The first-order valence-corrected chi connectivity index (χ1v) is 16.1. The van der Waals surface area contributed by atoms with Crippen LogP contribution < -0.4 is 4.74 Å². The van der Waals surface area contributed by atoms with Gasteiger partial charge >= 0.3 is 6.18 Å². The number of hydrogen-bond donors (Lipinski definition) is 0. The first-order valence-electron chi connectivity index (χ1n) is 15.2. The molecule has 12 heteroatoms. The van der Waals surface area contributed by atoms with Crippen molar-refractivity contribution in [1.82, 2.24) is 24.6 Å². The number of carbonyl (C=O) groups excluding carboxylic acids is 2. The predicted molar refractivity (Wildman–Crippen MR) is 170 cm³/mol. The van der Waals surface area contributed by atoms with Crippen LogP contribution in [-0.4, -0.2) is 74.9 Å². The molecule has 0 N–H and O–H groups in total. The number of methoxy groups -OCH3 is 1. The quantitative estimate of drug-likeness (QED) is 0.136. The van der Waals surface area contributed by atoms with E-state index in [0.29, 0.717) is 32.4 Å². The normalized spacial score (nSPS) is 15.2. The van der Waals surface area contributed by atoms with Gasteiger partial charge in [-0.15, -0.1) is 10.2 Å². The molecule has 0 bridgehead atoms. The van der Waals surface area contributed by atoms with E-state index in [9.17, 15) is 22.8 Å². The Morgan fingerprint density at radius 3 is 2.41 bits per heavy atom. The Morgan fingerprint density at radius 2 is 1.72 bits per heavy atom.